The molecule has 11 amide bonds. The summed E-state index contributed by atoms with van der Waals surface area (Å²) < 4.78 is 5.67. The Morgan fingerprint density at radius 3 is 0.692 bits per heavy atom. The molecule has 0 aliphatic carbocycles. The fourth-order valence-electron chi connectivity index (χ4n) is 10.9. The number of primary amides is 1. The number of benzene rings is 1. The number of carbonyl (C=O) groups excluding carboxylic acids is 12. The van der Waals surface area contributed by atoms with Crippen LogP contribution in [0.3, 0.4) is 0 Å². The van der Waals surface area contributed by atoms with Crippen molar-refractivity contribution >= 4 is 131 Å². The molecule has 44 N–H and O–H groups in total. The number of ketones is 1. The minimum Gasteiger partial charge on any atom is -0.370 e. The van der Waals surface area contributed by atoms with Crippen LogP contribution < -0.4 is 147 Å². The number of nitrogens with one attached hydrogen (secondary N) is 26. The zero-order chi connectivity index (χ0) is 88.3. The van der Waals surface area contributed by atoms with Crippen molar-refractivity contribution in [1.29, 1.82) is 43.3 Å². The highest BCUT2D eigenvalue weighted by molar-refractivity contribution is 7.80. The maximum absolute atomic E-state index is 15.0. The minimum atomic E-state index is -1.63. The monoisotopic (exact) mass is 1670 g/mol. The first-order chi connectivity index (χ1) is 55.0. The molecule has 0 spiro atoms. The molecule has 0 radical (unpaired) electrons. The SMILES string of the molecule is CC(=O)c1ccc(C[C@H](NC(=O)COC(C)(C)C)C(=O)N[C@H](CCCNC(=N)N)C(=O)N[C@H](CCCNC(=N)N)C(=O)N[C@H](CCCNC(=N)N)C(=O)N[C@H](CCCNC(=N)N)C(=O)N[C@H](CCCNC(=N)N)C(=O)N[C@H](CCCNC(=N)N)C(=O)N[C@H](CCCNC(=N)N)C(=O)N[C@H](CCCNC(=N)N)C(=O)N[C@H](CS)C(N)=O)cc1. The van der Waals surface area contributed by atoms with E-state index in [0.717, 1.165) is 0 Å². The topological polar surface area (TPSA) is 856 Å². The van der Waals surface area contributed by atoms with Crippen molar-refractivity contribution in [2.45, 2.75) is 203 Å². The highest BCUT2D eigenvalue weighted by Gasteiger charge is 2.37. The molecule has 1 aromatic carbocycles. The minimum absolute atomic E-state index is 0.0000601. The van der Waals surface area contributed by atoms with Gasteiger partial charge in [-0.2, -0.15) is 12.6 Å². The van der Waals surface area contributed by atoms with Crippen LogP contribution in [0.1, 0.15) is 146 Å². The third kappa shape index (κ3) is 47.7. The summed E-state index contributed by atoms with van der Waals surface area (Å²) in [6, 6.07) is -8.90. The molecule has 0 bridgehead atoms. The molecule has 0 saturated carbocycles. The lowest BCUT2D eigenvalue weighted by molar-refractivity contribution is -0.137. The number of rotatable bonds is 58. The fraction of sp³-hybridized carbons (Fsp3) is 0.618. The Balaban J connectivity index is 4.15. The second-order valence-corrected chi connectivity index (χ2v) is 28.3. The van der Waals surface area contributed by atoms with Crippen LogP contribution in [0.25, 0.3) is 0 Å². The molecular weight excluding hydrogens is 1550 g/mol. The standard InChI is InChI=1S/C68H125N35O13S/c1-36(104)38-23-21-37(22-24-38)33-47(94-49(105)34-116-68(2,3)4)59(115)102-45(19-11-31-92-66(82)83)57(113)100-43(17-9-29-90-64(78)79)55(111)98-41(15-7-27-88-62(74)75)53(109)96-39(13-5-25-86-60(70)71)51(107)95-40(14-6-26-87-61(72)73)52(108)97-42(16-8-28-89-63(76)77)54(110)99-44(18-10-30-91-65(80)81)56(112)101-46(20-12-32-93-67(84)85)58(114)103-48(35-117)50(69)106/h21-24,39-48,117H,5-20,25-35H2,1-4H3,(H2,69,106)(H,94,105)(H,95,107)(H,96,109)(H,97,108)(H,98,111)(H,99,110)(H,100,113)(H,101,112)(H,102,115)(H,103,114)(H4,70,71,86)(H4,72,73,87)(H4,74,75,88)(H4,76,77,89)(H4,78,79,90)(H4,80,81,91)(H4,82,83,92)(H4,84,85,93)/t39-,40-,41-,42-,43-,44-,45-,46-,47+,48-/m1/s1. The van der Waals surface area contributed by atoms with Gasteiger partial charge in [0.2, 0.25) is 65.0 Å². The van der Waals surface area contributed by atoms with Crippen molar-refractivity contribution in [3.05, 3.63) is 35.4 Å². The van der Waals surface area contributed by atoms with Crippen molar-refractivity contribution in [1.82, 2.24) is 95.7 Å². The van der Waals surface area contributed by atoms with Crippen molar-refractivity contribution < 1.29 is 62.3 Å². The number of hydrogen-bond acceptors (Lipinski definition) is 22. The van der Waals surface area contributed by atoms with Gasteiger partial charge in [-0.25, -0.2) is 0 Å². The predicted molar refractivity (Wildman–Crippen MR) is 441 cm³/mol. The Kier molecular flexibility index (Phi) is 49.0. The number of Topliss-reactive ketones (excluding diaryl/α,β-unsaturated/α-hetero) is 1. The summed E-state index contributed by atoms with van der Waals surface area (Å²) in [5.41, 5.74) is 50.0. The summed E-state index contributed by atoms with van der Waals surface area (Å²) >= 11 is 4.09. The van der Waals surface area contributed by atoms with Gasteiger partial charge in [-0.15, -0.1) is 0 Å². The molecule has 1 rings (SSSR count). The van der Waals surface area contributed by atoms with Gasteiger partial charge in [-0.1, -0.05) is 24.3 Å². The zero-order valence-electron chi connectivity index (χ0n) is 66.6. The molecule has 1 aromatic rings. The van der Waals surface area contributed by atoms with Crippen LogP contribution in [0.4, 0.5) is 0 Å². The van der Waals surface area contributed by atoms with E-state index in [2.05, 4.69) is 108 Å². The molecule has 0 saturated heterocycles. The fourth-order valence-corrected chi connectivity index (χ4v) is 11.2. The number of guanidine groups is 8. The third-order valence-electron chi connectivity index (χ3n) is 16.9. The van der Waals surface area contributed by atoms with Crippen molar-refractivity contribution in [3.8, 4) is 0 Å². The van der Waals surface area contributed by atoms with Crippen LogP contribution in [0.5, 0.6) is 0 Å². The smallest absolute Gasteiger partial charge is 0.246 e. The van der Waals surface area contributed by atoms with E-state index in [1.165, 1.54) is 19.1 Å². The molecule has 0 aliphatic rings. The first-order valence-electron chi connectivity index (χ1n) is 37.8. The molecule has 49 heteroatoms. The van der Waals surface area contributed by atoms with Gasteiger partial charge < -0.3 is 152 Å². The van der Waals surface area contributed by atoms with Gasteiger partial charge in [0, 0.05) is 70.1 Å². The molecular formula is C68H125N35O13S. The lowest BCUT2D eigenvalue weighted by atomic mass is 10.0. The number of amides is 11. The quantitative estimate of drug-likeness (QED) is 0.00947. The van der Waals surface area contributed by atoms with E-state index in [0.29, 0.717) is 11.1 Å². The van der Waals surface area contributed by atoms with E-state index in [9.17, 15) is 47.9 Å². The Hall–Kier alpha value is -12.5. The van der Waals surface area contributed by atoms with Gasteiger partial charge in [0.1, 0.15) is 67.0 Å². The van der Waals surface area contributed by atoms with E-state index in [1.54, 1.807) is 32.9 Å². The first-order valence-corrected chi connectivity index (χ1v) is 38.5. The van der Waals surface area contributed by atoms with Crippen LogP contribution in [-0.2, 0) is 63.9 Å². The molecule has 117 heavy (non-hydrogen) atoms. The lowest BCUT2D eigenvalue weighted by Crippen LogP contribution is -2.61. The molecule has 0 fully saturated rings. The van der Waals surface area contributed by atoms with E-state index in [-0.39, 0.29) is 179 Å². The number of carbonyl (C=O) groups is 12. The summed E-state index contributed by atoms with van der Waals surface area (Å²) in [4.78, 5) is 170. The first kappa shape index (κ1) is 103. The van der Waals surface area contributed by atoms with Crippen LogP contribution in [0.15, 0.2) is 24.3 Å². The highest BCUT2D eigenvalue weighted by Crippen LogP contribution is 2.14. The van der Waals surface area contributed by atoms with Crippen LogP contribution >= 0.6 is 12.6 Å². The predicted octanol–water partition coefficient (Wildman–Crippen LogP) is -9.38. The van der Waals surface area contributed by atoms with Crippen molar-refractivity contribution in [2.75, 3.05) is 64.7 Å². The Bertz CT molecular complexity index is 3530. The molecule has 0 heterocycles. The Morgan fingerprint density at radius 1 is 0.325 bits per heavy atom. The van der Waals surface area contributed by atoms with Crippen LogP contribution in [0.2, 0.25) is 0 Å². The lowest BCUT2D eigenvalue weighted by Gasteiger charge is -2.29. The van der Waals surface area contributed by atoms with E-state index in [1.807, 2.05) is 0 Å². The Labute approximate surface area is 684 Å². The average Bonchev–Trinajstić information content (AvgIpc) is 0.854. The zero-order valence-corrected chi connectivity index (χ0v) is 67.5. The third-order valence-corrected chi connectivity index (χ3v) is 17.2. The summed E-state index contributed by atoms with van der Waals surface area (Å²) in [6.45, 7) is 5.91. The maximum Gasteiger partial charge on any atom is 0.246 e. The van der Waals surface area contributed by atoms with Gasteiger partial charge in [-0.05, 0) is 136 Å². The second-order valence-electron chi connectivity index (χ2n) is 28.0. The number of thiol groups is 1. The molecule has 0 aliphatic heterocycles. The van der Waals surface area contributed by atoms with Gasteiger partial charge in [-0.3, -0.25) is 101 Å². The van der Waals surface area contributed by atoms with Crippen LogP contribution in [-0.4, -0.2) is 249 Å². The number of nitrogens with two attached hydrogens (primary N) is 9. The highest BCUT2D eigenvalue weighted by atomic mass is 32.1. The molecule has 48 nitrogen and oxygen atoms in total. The van der Waals surface area contributed by atoms with Gasteiger partial charge in [0.05, 0.1) is 5.60 Å². The molecule has 0 aromatic heterocycles. The van der Waals surface area contributed by atoms with E-state index < -0.39 is 179 Å². The summed E-state index contributed by atoms with van der Waals surface area (Å²) in [5, 5.41) is 109. The normalized spacial score (nSPS) is 13.4. The van der Waals surface area contributed by atoms with Crippen LogP contribution in [0, 0.1) is 43.3 Å². The van der Waals surface area contributed by atoms with Crippen molar-refractivity contribution in [2.24, 2.45) is 51.6 Å². The molecule has 0 unspecified atom stereocenters. The van der Waals surface area contributed by atoms with Crippen molar-refractivity contribution in [3.63, 3.8) is 0 Å². The number of hydrogen-bond donors (Lipinski definition) is 36. The number of ether oxygens (including phenoxy) is 1. The summed E-state index contributed by atoms with van der Waals surface area (Å²) in [7, 11) is 0. The maximum atomic E-state index is 15.0. The average molecular weight is 1670 g/mol. The summed E-state index contributed by atoms with van der Waals surface area (Å²) in [6.07, 6.45) is -1.72. The van der Waals surface area contributed by atoms with Gasteiger partial charge in [0.25, 0.3) is 0 Å². The largest absolute Gasteiger partial charge is 0.370 e. The molecule has 656 valence electrons. The second kappa shape index (κ2) is 55.9. The van der Waals surface area contributed by atoms with E-state index >= 15 is 9.59 Å². The van der Waals surface area contributed by atoms with Gasteiger partial charge >= 0.3 is 0 Å². The summed E-state index contributed by atoms with van der Waals surface area (Å²) in [5.74, 6) is -14.3. The van der Waals surface area contributed by atoms with E-state index in [4.69, 9.17) is 99.6 Å². The van der Waals surface area contributed by atoms with Gasteiger partial charge in [0.15, 0.2) is 53.5 Å². The Morgan fingerprint density at radius 2 is 0.521 bits per heavy atom. The molecule has 10 atom stereocenters.